The van der Waals surface area contributed by atoms with E-state index in [-0.39, 0.29) is 5.54 Å². The summed E-state index contributed by atoms with van der Waals surface area (Å²) >= 11 is 0. The van der Waals surface area contributed by atoms with Crippen LogP contribution in [0.25, 0.3) is 5.52 Å². The first-order valence-corrected chi connectivity index (χ1v) is 6.91. The first kappa shape index (κ1) is 12.4. The normalized spacial score (nSPS) is 18.3. The van der Waals surface area contributed by atoms with Crippen LogP contribution < -0.4 is 5.32 Å². The molecule has 2 aromatic rings. The van der Waals surface area contributed by atoms with Crippen molar-refractivity contribution >= 4 is 11.3 Å². The summed E-state index contributed by atoms with van der Waals surface area (Å²) in [5.41, 5.74) is 1.31. The molecule has 1 aliphatic rings. The van der Waals surface area contributed by atoms with Gasteiger partial charge in [-0.15, -0.1) is 0 Å². The highest BCUT2D eigenvalue weighted by molar-refractivity contribution is 5.66. The zero-order chi connectivity index (χ0) is 13.3. The van der Waals surface area contributed by atoms with Gasteiger partial charge in [-0.05, 0) is 33.0 Å². The molecule has 1 aliphatic carbocycles. The smallest absolute Gasteiger partial charge is 0.152 e. The largest absolute Gasteiger partial charge is 0.366 e. The number of aromatic nitrogens is 3. The van der Waals surface area contributed by atoms with Crippen molar-refractivity contribution in [1.82, 2.24) is 19.5 Å². The highest BCUT2D eigenvalue weighted by Gasteiger charge is 2.35. The van der Waals surface area contributed by atoms with Crippen molar-refractivity contribution in [2.45, 2.75) is 31.2 Å². The van der Waals surface area contributed by atoms with Gasteiger partial charge in [-0.3, -0.25) is 0 Å². The maximum Gasteiger partial charge on any atom is 0.152 e. The molecule has 0 atom stereocenters. The van der Waals surface area contributed by atoms with E-state index >= 15 is 0 Å². The van der Waals surface area contributed by atoms with Crippen LogP contribution in [0.4, 0.5) is 5.82 Å². The molecule has 102 valence electrons. The number of hydrogen-bond acceptors (Lipinski definition) is 4. The van der Waals surface area contributed by atoms with Crippen molar-refractivity contribution in [3.8, 4) is 0 Å². The zero-order valence-corrected chi connectivity index (χ0v) is 11.6. The molecule has 0 bridgehead atoms. The van der Waals surface area contributed by atoms with E-state index in [2.05, 4.69) is 34.4 Å². The van der Waals surface area contributed by atoms with Crippen LogP contribution in [0.1, 0.15) is 25.7 Å². The average molecular weight is 259 g/mol. The molecule has 0 aliphatic heterocycles. The maximum absolute atomic E-state index is 4.44. The second kappa shape index (κ2) is 4.81. The molecule has 5 heteroatoms. The third-order valence-electron chi connectivity index (χ3n) is 4.39. The summed E-state index contributed by atoms with van der Waals surface area (Å²) in [6.07, 6.45) is 10.6. The summed E-state index contributed by atoms with van der Waals surface area (Å²) in [5.74, 6) is 0.924. The number of nitrogens with zero attached hydrogens (tertiary/aromatic N) is 4. The molecule has 0 unspecified atom stereocenters. The minimum atomic E-state index is 0.272. The third kappa shape index (κ3) is 2.18. The standard InChI is InChI=1S/C14H21N5/c1-18(2)14(6-3-4-7-14)11-16-13-12-5-8-17-19(12)10-9-15-13/h5,8-10H,3-4,6-7,11H2,1-2H3,(H,15,16). The summed E-state index contributed by atoms with van der Waals surface area (Å²) in [7, 11) is 4.36. The second-order valence-electron chi connectivity index (χ2n) is 5.62. The highest BCUT2D eigenvalue weighted by Crippen LogP contribution is 2.34. The van der Waals surface area contributed by atoms with E-state index < -0.39 is 0 Å². The minimum absolute atomic E-state index is 0.272. The molecular weight excluding hydrogens is 238 g/mol. The lowest BCUT2D eigenvalue weighted by atomic mass is 9.96. The highest BCUT2D eigenvalue weighted by atomic mass is 15.2. The van der Waals surface area contributed by atoms with Crippen molar-refractivity contribution in [2.75, 3.05) is 26.0 Å². The molecule has 0 saturated heterocycles. The van der Waals surface area contributed by atoms with Crippen LogP contribution in [0.5, 0.6) is 0 Å². The van der Waals surface area contributed by atoms with E-state index in [0.717, 1.165) is 17.9 Å². The summed E-state index contributed by atoms with van der Waals surface area (Å²) in [6, 6.07) is 1.99. The maximum atomic E-state index is 4.44. The summed E-state index contributed by atoms with van der Waals surface area (Å²) in [5, 5.41) is 7.76. The first-order valence-electron chi connectivity index (χ1n) is 6.91. The Labute approximate surface area is 113 Å². The van der Waals surface area contributed by atoms with Crippen LogP contribution in [0, 0.1) is 0 Å². The van der Waals surface area contributed by atoms with Crippen LogP contribution in [-0.4, -0.2) is 45.7 Å². The third-order valence-corrected chi connectivity index (χ3v) is 4.39. The first-order chi connectivity index (χ1) is 9.21. The molecule has 1 N–H and O–H groups in total. The summed E-state index contributed by atoms with van der Waals surface area (Å²) in [4.78, 5) is 6.80. The van der Waals surface area contributed by atoms with E-state index in [0.29, 0.717) is 0 Å². The molecule has 3 rings (SSSR count). The van der Waals surface area contributed by atoms with Crippen molar-refractivity contribution in [1.29, 1.82) is 0 Å². The van der Waals surface area contributed by atoms with Gasteiger partial charge in [0, 0.05) is 24.5 Å². The lowest BCUT2D eigenvalue weighted by Gasteiger charge is -2.36. The fourth-order valence-electron chi connectivity index (χ4n) is 3.06. The molecule has 0 aromatic carbocycles. The van der Waals surface area contributed by atoms with Gasteiger partial charge >= 0.3 is 0 Å². The topological polar surface area (TPSA) is 45.5 Å². The Balaban J connectivity index is 1.80. The van der Waals surface area contributed by atoms with Crippen molar-refractivity contribution < 1.29 is 0 Å². The van der Waals surface area contributed by atoms with E-state index in [9.17, 15) is 0 Å². The number of likely N-dealkylation sites (N-methyl/N-ethyl adjacent to an activating group) is 1. The van der Waals surface area contributed by atoms with Crippen molar-refractivity contribution in [2.24, 2.45) is 0 Å². The molecule has 1 fully saturated rings. The van der Waals surface area contributed by atoms with Crippen molar-refractivity contribution in [3.05, 3.63) is 24.7 Å². The quantitative estimate of drug-likeness (QED) is 0.912. The number of rotatable bonds is 4. The monoisotopic (exact) mass is 259 g/mol. The van der Waals surface area contributed by atoms with Gasteiger partial charge in [0.1, 0.15) is 5.52 Å². The molecule has 0 amide bonds. The molecule has 2 aromatic heterocycles. The Morgan fingerprint density at radius 2 is 2.11 bits per heavy atom. The lowest BCUT2D eigenvalue weighted by molar-refractivity contribution is 0.172. The van der Waals surface area contributed by atoms with Gasteiger partial charge in [0.15, 0.2) is 5.82 Å². The summed E-state index contributed by atoms with van der Waals surface area (Å²) < 4.78 is 1.85. The Hall–Kier alpha value is -1.62. The van der Waals surface area contributed by atoms with E-state index in [1.165, 1.54) is 25.7 Å². The Morgan fingerprint density at radius 3 is 2.84 bits per heavy atom. The average Bonchev–Trinajstić information content (AvgIpc) is 3.06. The van der Waals surface area contributed by atoms with Crippen LogP contribution in [-0.2, 0) is 0 Å². The molecule has 0 spiro atoms. The van der Waals surface area contributed by atoms with E-state index in [1.807, 2.05) is 16.8 Å². The molecule has 19 heavy (non-hydrogen) atoms. The van der Waals surface area contributed by atoms with E-state index in [1.54, 1.807) is 12.4 Å². The Morgan fingerprint density at radius 1 is 1.32 bits per heavy atom. The number of nitrogens with one attached hydrogen (secondary N) is 1. The molecule has 1 saturated carbocycles. The van der Waals surface area contributed by atoms with E-state index in [4.69, 9.17) is 0 Å². The van der Waals surface area contributed by atoms with Gasteiger partial charge in [-0.2, -0.15) is 5.10 Å². The van der Waals surface area contributed by atoms with Gasteiger partial charge in [-0.25, -0.2) is 9.50 Å². The molecule has 0 radical (unpaired) electrons. The fraction of sp³-hybridized carbons (Fsp3) is 0.571. The summed E-state index contributed by atoms with van der Waals surface area (Å²) in [6.45, 7) is 0.942. The fourth-order valence-corrected chi connectivity index (χ4v) is 3.06. The van der Waals surface area contributed by atoms with Gasteiger partial charge in [0.2, 0.25) is 0 Å². The van der Waals surface area contributed by atoms with Crippen LogP contribution in [0.2, 0.25) is 0 Å². The number of hydrogen-bond donors (Lipinski definition) is 1. The lowest BCUT2D eigenvalue weighted by Crippen LogP contribution is -2.47. The van der Waals surface area contributed by atoms with Crippen LogP contribution >= 0.6 is 0 Å². The molecular formula is C14H21N5. The molecule has 2 heterocycles. The zero-order valence-electron chi connectivity index (χ0n) is 11.6. The van der Waals surface area contributed by atoms with Gasteiger partial charge in [0.25, 0.3) is 0 Å². The Bertz CT molecular complexity index is 554. The minimum Gasteiger partial charge on any atom is -0.366 e. The SMILES string of the molecule is CN(C)C1(CNc2nccn3nccc23)CCCC1. The van der Waals surface area contributed by atoms with Gasteiger partial charge in [0.05, 0.1) is 6.20 Å². The second-order valence-corrected chi connectivity index (χ2v) is 5.62. The number of anilines is 1. The van der Waals surface area contributed by atoms with Crippen LogP contribution in [0.15, 0.2) is 24.7 Å². The predicted molar refractivity (Wildman–Crippen MR) is 76.4 cm³/mol. The number of fused-ring (bicyclic) bond motifs is 1. The van der Waals surface area contributed by atoms with Crippen LogP contribution in [0.3, 0.4) is 0 Å². The predicted octanol–water partition coefficient (Wildman–Crippen LogP) is 2.02. The molecule has 5 nitrogen and oxygen atoms in total. The Kier molecular flexibility index (Phi) is 3.14. The van der Waals surface area contributed by atoms with Crippen molar-refractivity contribution in [3.63, 3.8) is 0 Å². The van der Waals surface area contributed by atoms with Gasteiger partial charge < -0.3 is 10.2 Å². The van der Waals surface area contributed by atoms with Gasteiger partial charge in [-0.1, -0.05) is 12.8 Å².